The van der Waals surface area contributed by atoms with Crippen LogP contribution in [0.5, 0.6) is 0 Å². The highest BCUT2D eigenvalue weighted by Gasteiger charge is 2.74. The lowest BCUT2D eigenvalue weighted by atomic mass is 9.30. The van der Waals surface area contributed by atoms with Gasteiger partial charge in [0.15, 0.2) is 6.29 Å². The molecule has 7 fully saturated rings. The third-order valence-electron chi connectivity index (χ3n) is 14.8. The summed E-state index contributed by atoms with van der Waals surface area (Å²) in [5.41, 5.74) is 1.37. The molecule has 194 valence electrons. The maximum absolute atomic E-state index is 11.0. The lowest BCUT2D eigenvalue weighted by molar-refractivity contribution is -0.382. The predicted octanol–water partition coefficient (Wildman–Crippen LogP) is 7.21. The van der Waals surface area contributed by atoms with Crippen LogP contribution in [-0.4, -0.2) is 30.2 Å². The van der Waals surface area contributed by atoms with Gasteiger partial charge in [0.2, 0.25) is 0 Å². The minimum absolute atomic E-state index is 0.0172. The first kappa shape index (κ1) is 24.2. The molecule has 2 aliphatic heterocycles. The predicted molar refractivity (Wildman–Crippen MR) is 136 cm³/mol. The van der Waals surface area contributed by atoms with E-state index in [0.717, 1.165) is 24.2 Å². The molecule has 34 heavy (non-hydrogen) atoms. The van der Waals surface area contributed by atoms with Crippen molar-refractivity contribution in [2.24, 2.45) is 56.7 Å². The normalized spacial score (nSPS) is 62.2. The van der Waals surface area contributed by atoms with Crippen LogP contribution in [0.1, 0.15) is 113 Å². The van der Waals surface area contributed by atoms with E-state index >= 15 is 0 Å². The molecule has 0 aromatic rings. The van der Waals surface area contributed by atoms with Gasteiger partial charge in [0, 0.05) is 12.5 Å². The molecule has 2 bridgehead atoms. The second-order valence-electron chi connectivity index (χ2n) is 15.6. The Balaban J connectivity index is 1.40. The summed E-state index contributed by atoms with van der Waals surface area (Å²) in [5.74, 6) is 3.53. The summed E-state index contributed by atoms with van der Waals surface area (Å²) in [4.78, 5) is 0. The summed E-state index contributed by atoms with van der Waals surface area (Å²) >= 11 is 0. The van der Waals surface area contributed by atoms with Crippen LogP contribution in [0.3, 0.4) is 0 Å². The van der Waals surface area contributed by atoms with Gasteiger partial charge in [-0.25, -0.2) is 0 Å². The molecule has 3 heteroatoms. The Labute approximate surface area is 209 Å². The molecule has 1 spiro atoms. The average molecular weight is 473 g/mol. The first-order chi connectivity index (χ1) is 15.8. The SMILES string of the molecule is CO[C@H]1O[C@]2(C)CC[C@]13CC[C@]1(C)[C@H](CC[C@@H]4[C@@]5(C)CC[C@H](O)C(C)(C)[C@@H]5CC[C@]41C)[C@H]3[C@@H]2C. The zero-order chi connectivity index (χ0) is 24.5. The number of methoxy groups -OCH3 is 1. The number of ether oxygens (including phenoxy) is 2. The average Bonchev–Trinajstić information content (AvgIpc) is 2.78. The zero-order valence-corrected chi connectivity index (χ0v) is 23.4. The maximum atomic E-state index is 11.0. The number of hydrogen-bond acceptors (Lipinski definition) is 3. The largest absolute Gasteiger partial charge is 0.393 e. The van der Waals surface area contributed by atoms with Gasteiger partial charge in [0.05, 0.1) is 11.7 Å². The summed E-state index contributed by atoms with van der Waals surface area (Å²) < 4.78 is 12.8. The molecule has 2 saturated heterocycles. The smallest absolute Gasteiger partial charge is 0.163 e. The fourth-order valence-corrected chi connectivity index (χ4v) is 12.5. The molecule has 7 aliphatic rings. The van der Waals surface area contributed by atoms with E-state index in [1.807, 2.05) is 7.11 Å². The second-order valence-corrected chi connectivity index (χ2v) is 15.6. The standard InChI is InChI=1S/C31H52O3/c1-19-24-20-9-10-22-27(4)13-12-23(32)26(2,3)21(27)11-14-29(22,6)28(20,5)15-17-31(24)18-16-30(19,7)34-25(31)33-8/h19-25,32H,9-18H2,1-8H3/t19-,20+,21-,22+,23-,24+,25-,27-,28+,29+,30+,31-/m0/s1. The van der Waals surface area contributed by atoms with Crippen molar-refractivity contribution >= 4 is 0 Å². The molecule has 12 atom stereocenters. The molecule has 3 nitrogen and oxygen atoms in total. The molecule has 0 aromatic heterocycles. The van der Waals surface area contributed by atoms with Crippen LogP contribution in [0.15, 0.2) is 0 Å². The van der Waals surface area contributed by atoms with Crippen LogP contribution in [0.25, 0.3) is 0 Å². The highest BCUT2D eigenvalue weighted by molar-refractivity contribution is 5.21. The topological polar surface area (TPSA) is 38.7 Å². The summed E-state index contributed by atoms with van der Waals surface area (Å²) in [5, 5.41) is 11.0. The number of aliphatic hydroxyl groups excluding tert-OH is 1. The van der Waals surface area contributed by atoms with Crippen molar-refractivity contribution in [1.29, 1.82) is 0 Å². The Morgan fingerprint density at radius 1 is 0.765 bits per heavy atom. The van der Waals surface area contributed by atoms with Gasteiger partial charge < -0.3 is 14.6 Å². The third-order valence-corrected chi connectivity index (χ3v) is 14.8. The lowest BCUT2D eigenvalue weighted by Gasteiger charge is -2.76. The van der Waals surface area contributed by atoms with Crippen LogP contribution in [0.2, 0.25) is 0 Å². The molecule has 5 aliphatic carbocycles. The van der Waals surface area contributed by atoms with E-state index in [2.05, 4.69) is 48.5 Å². The second kappa shape index (κ2) is 7.04. The molecule has 2 heterocycles. The fourth-order valence-electron chi connectivity index (χ4n) is 12.5. The van der Waals surface area contributed by atoms with Crippen molar-refractivity contribution in [3.05, 3.63) is 0 Å². The third kappa shape index (κ3) is 2.56. The van der Waals surface area contributed by atoms with E-state index in [1.54, 1.807) is 0 Å². The lowest BCUT2D eigenvalue weighted by Crippen LogP contribution is -2.73. The van der Waals surface area contributed by atoms with Gasteiger partial charge in [0.25, 0.3) is 0 Å². The Hall–Kier alpha value is -0.120. The Bertz CT molecular complexity index is 854. The van der Waals surface area contributed by atoms with Gasteiger partial charge >= 0.3 is 0 Å². The maximum Gasteiger partial charge on any atom is 0.163 e. The molecule has 0 unspecified atom stereocenters. The van der Waals surface area contributed by atoms with Crippen molar-refractivity contribution in [3.8, 4) is 0 Å². The number of aliphatic hydroxyl groups is 1. The van der Waals surface area contributed by atoms with Crippen LogP contribution in [0.4, 0.5) is 0 Å². The van der Waals surface area contributed by atoms with Crippen molar-refractivity contribution in [3.63, 3.8) is 0 Å². The number of hydrogen-bond donors (Lipinski definition) is 1. The van der Waals surface area contributed by atoms with Crippen molar-refractivity contribution in [1.82, 2.24) is 0 Å². The van der Waals surface area contributed by atoms with Crippen LogP contribution in [0, 0.1) is 56.7 Å². The van der Waals surface area contributed by atoms with Gasteiger partial charge in [-0.1, -0.05) is 41.5 Å². The highest BCUT2D eigenvalue weighted by Crippen LogP contribution is 2.78. The van der Waals surface area contributed by atoms with Gasteiger partial charge in [-0.05, 0) is 122 Å². The zero-order valence-electron chi connectivity index (χ0n) is 23.4. The molecule has 1 N–H and O–H groups in total. The first-order valence-electron chi connectivity index (χ1n) is 14.7. The highest BCUT2D eigenvalue weighted by atomic mass is 16.7. The summed E-state index contributed by atoms with van der Waals surface area (Å²) in [6.45, 7) is 17.7. The molecule has 0 radical (unpaired) electrons. The minimum atomic E-state index is -0.137. The van der Waals surface area contributed by atoms with Gasteiger partial charge in [-0.2, -0.15) is 0 Å². The van der Waals surface area contributed by atoms with E-state index < -0.39 is 0 Å². The first-order valence-corrected chi connectivity index (χ1v) is 14.7. The van der Waals surface area contributed by atoms with Crippen LogP contribution < -0.4 is 0 Å². The van der Waals surface area contributed by atoms with Gasteiger partial charge in [0.1, 0.15) is 0 Å². The van der Waals surface area contributed by atoms with E-state index in [4.69, 9.17) is 9.47 Å². The molecular formula is C31H52O3. The van der Waals surface area contributed by atoms with E-state index in [9.17, 15) is 5.11 Å². The molecule has 7 rings (SSSR count). The van der Waals surface area contributed by atoms with Gasteiger partial charge in [-0.3, -0.25) is 0 Å². The number of rotatable bonds is 1. The molecular weight excluding hydrogens is 420 g/mol. The fraction of sp³-hybridized carbons (Fsp3) is 1.00. The summed E-state index contributed by atoms with van der Waals surface area (Å²) in [6, 6.07) is 0. The monoisotopic (exact) mass is 472 g/mol. The molecule has 0 amide bonds. The number of fused-ring (bicyclic) bond motifs is 7. The van der Waals surface area contributed by atoms with Crippen LogP contribution >= 0.6 is 0 Å². The van der Waals surface area contributed by atoms with E-state index in [0.29, 0.717) is 28.1 Å². The Morgan fingerprint density at radius 3 is 2.18 bits per heavy atom. The van der Waals surface area contributed by atoms with E-state index in [-0.39, 0.29) is 28.8 Å². The van der Waals surface area contributed by atoms with Crippen molar-refractivity contribution < 1.29 is 14.6 Å². The Kier molecular flexibility index (Phi) is 5.02. The Morgan fingerprint density at radius 2 is 1.47 bits per heavy atom. The van der Waals surface area contributed by atoms with Crippen LogP contribution in [-0.2, 0) is 9.47 Å². The minimum Gasteiger partial charge on any atom is -0.393 e. The van der Waals surface area contributed by atoms with Crippen molar-refractivity contribution in [2.45, 2.75) is 131 Å². The molecule has 5 saturated carbocycles. The molecule has 0 aromatic carbocycles. The van der Waals surface area contributed by atoms with Crippen molar-refractivity contribution in [2.75, 3.05) is 7.11 Å². The van der Waals surface area contributed by atoms with E-state index in [1.165, 1.54) is 57.8 Å². The summed E-state index contributed by atoms with van der Waals surface area (Å²) in [6.07, 6.45) is 12.5. The summed E-state index contributed by atoms with van der Waals surface area (Å²) in [7, 11) is 1.89. The quantitative estimate of drug-likeness (QED) is 0.438. The van der Waals surface area contributed by atoms with Gasteiger partial charge in [-0.15, -0.1) is 0 Å².